The Bertz CT molecular complexity index is 1600. The fraction of sp³-hybridized carbons (Fsp3) is 0.541. The number of rotatable bonds is 14. The van der Waals surface area contributed by atoms with Gasteiger partial charge in [0.25, 0.3) is 5.91 Å². The number of carbonyl (C=O) groups is 4. The van der Waals surface area contributed by atoms with E-state index in [9.17, 15) is 23.6 Å². The predicted octanol–water partition coefficient (Wildman–Crippen LogP) is -0.455. The van der Waals surface area contributed by atoms with Crippen molar-refractivity contribution in [2.24, 2.45) is 28.7 Å². The van der Waals surface area contributed by atoms with Crippen molar-refractivity contribution < 1.29 is 29.0 Å². The van der Waals surface area contributed by atoms with Gasteiger partial charge in [0.1, 0.15) is 5.82 Å². The first kappa shape index (κ1) is 35.6. The van der Waals surface area contributed by atoms with Crippen LogP contribution >= 0.6 is 0 Å². The van der Waals surface area contributed by atoms with Crippen LogP contribution in [0.25, 0.3) is 0 Å². The third-order valence-electron chi connectivity index (χ3n) is 11.2. The molecule has 0 spiro atoms. The highest BCUT2D eigenvalue weighted by atomic mass is 19.1. The summed E-state index contributed by atoms with van der Waals surface area (Å²) in [6, 6.07) is 10.5. The average Bonchev–Trinajstić information content (AvgIpc) is 3.07. The molecule has 3 aliphatic carbocycles. The molecule has 0 radical (unpaired) electrons. The van der Waals surface area contributed by atoms with Gasteiger partial charge in [-0.3, -0.25) is 34.4 Å². The first-order chi connectivity index (χ1) is 24.0. The molecule has 5 aliphatic rings. The number of nitrogens with zero attached hydrogens (tertiary/aromatic N) is 3. The predicted molar refractivity (Wildman–Crippen MR) is 186 cm³/mol. The van der Waals surface area contributed by atoms with Gasteiger partial charge in [-0.25, -0.2) is 4.39 Å². The van der Waals surface area contributed by atoms with Gasteiger partial charge < -0.3 is 27.0 Å². The topological polar surface area (TPSA) is 180 Å². The van der Waals surface area contributed by atoms with Crippen LogP contribution in [0.4, 0.5) is 4.39 Å². The molecule has 12 nitrogen and oxygen atoms in total. The minimum Gasteiger partial charge on any atom is -0.366 e. The zero-order chi connectivity index (χ0) is 35.4. The third-order valence-corrected chi connectivity index (χ3v) is 11.2. The summed E-state index contributed by atoms with van der Waals surface area (Å²) in [5.41, 5.74) is 13.6. The molecule has 2 saturated heterocycles. The maximum atomic E-state index is 14.6. The summed E-state index contributed by atoms with van der Waals surface area (Å²) in [6.45, 7) is 6.60. The van der Waals surface area contributed by atoms with Crippen LogP contribution in [0.2, 0.25) is 0 Å². The molecule has 2 bridgehead atoms. The Hall–Kier alpha value is -4.20. The average molecular weight is 690 g/mol. The normalized spacial score (nSPS) is 22.9. The van der Waals surface area contributed by atoms with Crippen LogP contribution in [0.3, 0.4) is 0 Å². The lowest BCUT2D eigenvalue weighted by Gasteiger charge is -2.64. The number of piperidine rings is 1. The Labute approximate surface area is 292 Å². The monoisotopic (exact) mass is 689 g/mol. The molecule has 7 rings (SSSR count). The van der Waals surface area contributed by atoms with Gasteiger partial charge in [0.15, 0.2) is 5.71 Å². The summed E-state index contributed by atoms with van der Waals surface area (Å²) in [7, 11) is 0. The highest BCUT2D eigenvalue weighted by Gasteiger charge is 2.61. The highest BCUT2D eigenvalue weighted by Crippen LogP contribution is 2.65. The second-order valence-corrected chi connectivity index (χ2v) is 14.7. The number of likely N-dealkylation sites (tertiary alicyclic amines) is 1. The summed E-state index contributed by atoms with van der Waals surface area (Å²) >= 11 is 0. The van der Waals surface area contributed by atoms with E-state index in [-0.39, 0.29) is 60.5 Å². The van der Waals surface area contributed by atoms with Crippen molar-refractivity contribution in [3.63, 3.8) is 0 Å². The van der Waals surface area contributed by atoms with Gasteiger partial charge in [-0.15, -0.1) is 0 Å². The number of hydrogen-bond acceptors (Lipinski definition) is 7. The zero-order valence-corrected chi connectivity index (χ0v) is 28.7. The molecule has 2 aromatic carbocycles. The molecule has 268 valence electrons. The summed E-state index contributed by atoms with van der Waals surface area (Å²) in [4.78, 5) is 56.7. The standard InChI is InChI=1S/C37H49FN8O4/c38-30-6-5-25(18-31(39)27-3-1-2-4-28(27)34(41)48)17-29(30)35(49)43-10-9-42-32(47)23-44-11-7-24(8-12-44)22-45-13-15-46(16-14-45)36(50)33(40)37-19-26(20-37)21-37/h1-6,17,24,26,33,39H,7-16,18-23,40H2,(H2,41,48)(H,42,47)(H,43,49)/p+1/t26?,33-,37?/m0/s1. The molecule has 2 heterocycles. The lowest BCUT2D eigenvalue weighted by atomic mass is 9.42. The fourth-order valence-electron chi connectivity index (χ4n) is 8.11. The first-order valence-corrected chi connectivity index (χ1v) is 17.8. The molecule has 4 amide bonds. The molecular weight excluding hydrogens is 639 g/mol. The number of nitrogens with one attached hydrogen (secondary N) is 2. The zero-order valence-electron chi connectivity index (χ0n) is 28.7. The van der Waals surface area contributed by atoms with Gasteiger partial charge in [0.2, 0.25) is 17.7 Å². The largest absolute Gasteiger partial charge is 0.366 e. The molecule has 2 aliphatic heterocycles. The van der Waals surface area contributed by atoms with Crippen molar-refractivity contribution in [1.82, 2.24) is 25.3 Å². The van der Waals surface area contributed by atoms with Crippen molar-refractivity contribution >= 4 is 29.3 Å². The molecule has 0 aromatic heterocycles. The lowest BCUT2D eigenvalue weighted by Crippen LogP contribution is -2.67. The first-order valence-electron chi connectivity index (χ1n) is 17.8. The summed E-state index contributed by atoms with van der Waals surface area (Å²) in [5.74, 6) is -0.480. The van der Waals surface area contributed by atoms with Gasteiger partial charge in [-0.1, -0.05) is 18.2 Å². The maximum absolute atomic E-state index is 14.6. The number of carbonyl (C=O) groups excluding carboxylic acids is 4. The molecule has 8 N–H and O–H groups in total. The van der Waals surface area contributed by atoms with Crippen LogP contribution in [0.1, 0.15) is 63.9 Å². The minimum atomic E-state index is -0.674. The molecule has 50 heavy (non-hydrogen) atoms. The van der Waals surface area contributed by atoms with Crippen molar-refractivity contribution in [2.75, 3.05) is 65.4 Å². The number of benzene rings is 2. The van der Waals surface area contributed by atoms with Crippen molar-refractivity contribution in [3.8, 4) is 0 Å². The molecule has 3 saturated carbocycles. The van der Waals surface area contributed by atoms with Gasteiger partial charge in [0, 0.05) is 45.8 Å². The fourth-order valence-corrected chi connectivity index (χ4v) is 8.11. The van der Waals surface area contributed by atoms with Gasteiger partial charge in [-0.2, -0.15) is 0 Å². The van der Waals surface area contributed by atoms with E-state index in [1.807, 2.05) is 4.90 Å². The van der Waals surface area contributed by atoms with E-state index in [0.29, 0.717) is 22.8 Å². The Morgan fingerprint density at radius 2 is 1.54 bits per heavy atom. The van der Waals surface area contributed by atoms with E-state index >= 15 is 0 Å². The number of hydrogen-bond donors (Lipinski definition) is 5. The number of halogens is 1. The molecule has 2 aromatic rings. The van der Waals surface area contributed by atoms with Crippen molar-refractivity contribution in [1.29, 1.82) is 0 Å². The molecule has 1 atom stereocenters. The second-order valence-electron chi connectivity index (χ2n) is 14.7. The van der Waals surface area contributed by atoms with Crippen molar-refractivity contribution in [2.45, 2.75) is 44.6 Å². The molecule has 0 unspecified atom stereocenters. The van der Waals surface area contributed by atoms with E-state index < -0.39 is 17.6 Å². The number of amides is 4. The Balaban J connectivity index is 0.855. The van der Waals surface area contributed by atoms with Crippen LogP contribution in [0.5, 0.6) is 0 Å². The quantitative estimate of drug-likeness (QED) is 0.132. The molecular formula is C37H50FN8O4+. The second kappa shape index (κ2) is 15.4. The van der Waals surface area contributed by atoms with E-state index in [2.05, 4.69) is 20.4 Å². The Morgan fingerprint density at radius 3 is 2.18 bits per heavy atom. The molecule has 13 heteroatoms. The van der Waals surface area contributed by atoms with Gasteiger partial charge in [-0.05, 0) is 92.3 Å². The SMILES string of the molecule is NC(=O)c1ccccc1C(=[NH2+])Cc1ccc(F)c(C(=O)NCCNC(=O)CN2CCC(CN3CCN(C(=O)[C@H](N)C45CC(C4)C5)CC3)CC2)c1. The third kappa shape index (κ3) is 8.06. The summed E-state index contributed by atoms with van der Waals surface area (Å²) in [6.07, 6.45) is 5.62. The highest BCUT2D eigenvalue weighted by molar-refractivity contribution is 6.08. The van der Waals surface area contributed by atoms with Crippen LogP contribution in [-0.2, 0) is 16.0 Å². The smallest absolute Gasteiger partial charge is 0.254 e. The van der Waals surface area contributed by atoms with Crippen LogP contribution in [0.15, 0.2) is 42.5 Å². The lowest BCUT2D eigenvalue weighted by molar-refractivity contribution is -0.161. The van der Waals surface area contributed by atoms with E-state index in [1.165, 1.54) is 18.2 Å². The van der Waals surface area contributed by atoms with Gasteiger partial charge in [0.05, 0.1) is 35.7 Å². The summed E-state index contributed by atoms with van der Waals surface area (Å²) in [5, 5.41) is 11.8. The van der Waals surface area contributed by atoms with E-state index in [0.717, 1.165) is 83.8 Å². The van der Waals surface area contributed by atoms with E-state index in [4.69, 9.17) is 16.9 Å². The maximum Gasteiger partial charge on any atom is 0.254 e. The summed E-state index contributed by atoms with van der Waals surface area (Å²) < 4.78 is 14.6. The number of primary amides is 1. The molecule has 5 fully saturated rings. The van der Waals surface area contributed by atoms with Crippen molar-refractivity contribution in [3.05, 3.63) is 70.5 Å². The Kier molecular flexibility index (Phi) is 10.9. The van der Waals surface area contributed by atoms with E-state index in [1.54, 1.807) is 24.3 Å². The van der Waals surface area contributed by atoms with Crippen LogP contribution < -0.4 is 27.5 Å². The Morgan fingerprint density at radius 1 is 0.880 bits per heavy atom. The number of piperazine rings is 1. The van der Waals surface area contributed by atoms with Gasteiger partial charge >= 0.3 is 0 Å². The van der Waals surface area contributed by atoms with Crippen LogP contribution in [-0.4, -0.2) is 116 Å². The van der Waals surface area contributed by atoms with Crippen LogP contribution in [0, 0.1) is 23.1 Å². The number of nitrogens with two attached hydrogens (primary N) is 3. The minimum absolute atomic E-state index is 0.106.